The highest BCUT2D eigenvalue weighted by Crippen LogP contribution is 2.59. The number of hydrogen-bond acceptors (Lipinski definition) is 1. The van der Waals surface area contributed by atoms with Gasteiger partial charge in [0.2, 0.25) is 0 Å². The van der Waals surface area contributed by atoms with E-state index in [1.54, 1.807) is 0 Å². The summed E-state index contributed by atoms with van der Waals surface area (Å²) < 4.78 is 0. The van der Waals surface area contributed by atoms with Crippen molar-refractivity contribution in [3.8, 4) is 11.1 Å². The van der Waals surface area contributed by atoms with Crippen LogP contribution in [0.5, 0.6) is 0 Å². The van der Waals surface area contributed by atoms with E-state index in [2.05, 4.69) is 99.9 Å². The molecule has 0 fully saturated rings. The second kappa shape index (κ2) is 6.25. The fourth-order valence-electron chi connectivity index (χ4n) is 6.27. The van der Waals surface area contributed by atoms with Crippen LogP contribution in [0, 0.1) is 5.41 Å². The van der Waals surface area contributed by atoms with Crippen molar-refractivity contribution in [2.45, 2.75) is 38.9 Å². The van der Waals surface area contributed by atoms with E-state index in [-0.39, 0.29) is 5.41 Å². The van der Waals surface area contributed by atoms with Gasteiger partial charge >= 0.3 is 0 Å². The maximum atomic E-state index is 2.53. The van der Waals surface area contributed by atoms with Crippen LogP contribution in [0.2, 0.25) is 0 Å². The Labute approximate surface area is 183 Å². The molecule has 1 heterocycles. The van der Waals surface area contributed by atoms with E-state index in [4.69, 9.17) is 0 Å². The van der Waals surface area contributed by atoms with Crippen LogP contribution in [-0.2, 0) is 0 Å². The standard InChI is InChI=1S/C29H26S/c1-17-15-24-18(2)19-13-14-30-26(19)16-25(24)27(17)29(3,4)28-22-11-7-5-9-20(22)21-10-6-8-12-23(21)28/h5-16,26,28H,1-4H3. The zero-order chi connectivity index (χ0) is 20.6. The monoisotopic (exact) mass is 406 g/mol. The van der Waals surface area contributed by atoms with Gasteiger partial charge in [-0.2, -0.15) is 0 Å². The van der Waals surface area contributed by atoms with E-state index in [1.165, 1.54) is 55.7 Å². The third-order valence-corrected chi connectivity index (χ3v) is 8.43. The Morgan fingerprint density at radius 3 is 2.13 bits per heavy atom. The summed E-state index contributed by atoms with van der Waals surface area (Å²) in [7, 11) is 0. The Kier molecular flexibility index (Phi) is 3.81. The van der Waals surface area contributed by atoms with Crippen LogP contribution in [0.3, 0.4) is 0 Å². The van der Waals surface area contributed by atoms with Crippen LogP contribution in [0.4, 0.5) is 0 Å². The maximum absolute atomic E-state index is 2.53. The van der Waals surface area contributed by atoms with Crippen molar-refractivity contribution in [3.05, 3.63) is 117 Å². The van der Waals surface area contributed by atoms with Crippen molar-refractivity contribution in [1.29, 1.82) is 0 Å². The minimum Gasteiger partial charge on any atom is -0.122 e. The van der Waals surface area contributed by atoms with Gasteiger partial charge in [-0.15, -0.1) is 11.8 Å². The molecule has 4 aliphatic rings. The molecule has 0 amide bonds. The van der Waals surface area contributed by atoms with Gasteiger partial charge in [0.25, 0.3) is 0 Å². The first-order chi connectivity index (χ1) is 14.5. The molecule has 2 aromatic rings. The lowest BCUT2D eigenvalue weighted by atomic mass is 9.65. The molecular weight excluding hydrogens is 380 g/mol. The lowest BCUT2D eigenvalue weighted by molar-refractivity contribution is 0.398. The van der Waals surface area contributed by atoms with Gasteiger partial charge in [0, 0.05) is 11.3 Å². The minimum atomic E-state index is -0.00858. The molecule has 0 aromatic heterocycles. The number of allylic oxidation sites excluding steroid dienone is 7. The highest BCUT2D eigenvalue weighted by atomic mass is 32.2. The number of hydrogen-bond donors (Lipinski definition) is 0. The predicted molar refractivity (Wildman–Crippen MR) is 130 cm³/mol. The lowest BCUT2D eigenvalue weighted by Crippen LogP contribution is -2.26. The molecule has 1 unspecified atom stereocenters. The molecule has 30 heavy (non-hydrogen) atoms. The normalized spacial score (nSPS) is 22.1. The van der Waals surface area contributed by atoms with Crippen LogP contribution >= 0.6 is 11.8 Å². The van der Waals surface area contributed by atoms with E-state index in [0.29, 0.717) is 11.2 Å². The molecule has 0 saturated heterocycles. The molecule has 1 aliphatic heterocycles. The Morgan fingerprint density at radius 1 is 0.833 bits per heavy atom. The largest absolute Gasteiger partial charge is 0.122 e. The third kappa shape index (κ3) is 2.30. The fraction of sp³-hybridized carbons (Fsp3) is 0.241. The van der Waals surface area contributed by atoms with Crippen LogP contribution in [-0.4, -0.2) is 5.25 Å². The van der Waals surface area contributed by atoms with Crippen molar-refractivity contribution < 1.29 is 0 Å². The van der Waals surface area contributed by atoms with Crippen LogP contribution < -0.4 is 0 Å². The first-order valence-corrected chi connectivity index (χ1v) is 11.8. The summed E-state index contributed by atoms with van der Waals surface area (Å²) in [5, 5.41) is 2.73. The van der Waals surface area contributed by atoms with E-state index in [0.717, 1.165) is 0 Å². The Balaban J connectivity index is 1.52. The van der Waals surface area contributed by atoms with Gasteiger partial charge < -0.3 is 0 Å². The zero-order valence-corrected chi connectivity index (χ0v) is 18.8. The van der Waals surface area contributed by atoms with Gasteiger partial charge in [-0.05, 0) is 74.9 Å². The summed E-state index contributed by atoms with van der Waals surface area (Å²) in [6.45, 7) is 9.54. The molecule has 0 saturated carbocycles. The van der Waals surface area contributed by atoms with Crippen molar-refractivity contribution in [2.24, 2.45) is 5.41 Å². The van der Waals surface area contributed by atoms with Crippen LogP contribution in [0.1, 0.15) is 44.7 Å². The molecule has 148 valence electrons. The molecule has 6 rings (SSSR count). The molecule has 1 atom stereocenters. The molecule has 2 aromatic carbocycles. The van der Waals surface area contributed by atoms with Crippen molar-refractivity contribution in [3.63, 3.8) is 0 Å². The van der Waals surface area contributed by atoms with Gasteiger partial charge in [-0.3, -0.25) is 0 Å². The van der Waals surface area contributed by atoms with E-state index in [9.17, 15) is 0 Å². The van der Waals surface area contributed by atoms with Crippen molar-refractivity contribution in [2.75, 3.05) is 0 Å². The van der Waals surface area contributed by atoms with E-state index >= 15 is 0 Å². The van der Waals surface area contributed by atoms with Gasteiger partial charge in [0.05, 0.1) is 5.25 Å². The van der Waals surface area contributed by atoms with Crippen LogP contribution in [0.25, 0.3) is 11.1 Å². The highest BCUT2D eigenvalue weighted by molar-refractivity contribution is 8.03. The fourth-order valence-corrected chi connectivity index (χ4v) is 7.28. The highest BCUT2D eigenvalue weighted by Gasteiger charge is 2.45. The summed E-state index contributed by atoms with van der Waals surface area (Å²) in [6.07, 6.45) is 7.27. The lowest BCUT2D eigenvalue weighted by Gasteiger charge is -2.38. The third-order valence-electron chi connectivity index (χ3n) is 7.45. The van der Waals surface area contributed by atoms with Crippen molar-refractivity contribution in [1.82, 2.24) is 0 Å². The molecule has 0 nitrogen and oxygen atoms in total. The van der Waals surface area contributed by atoms with Gasteiger partial charge in [-0.25, -0.2) is 0 Å². The van der Waals surface area contributed by atoms with Crippen LogP contribution in [0.15, 0.2) is 106 Å². The van der Waals surface area contributed by atoms with Gasteiger partial charge in [-0.1, -0.05) is 80.6 Å². The van der Waals surface area contributed by atoms with Gasteiger partial charge in [0.15, 0.2) is 0 Å². The minimum absolute atomic E-state index is 0.00858. The van der Waals surface area contributed by atoms with Crippen molar-refractivity contribution >= 4 is 11.8 Å². The average Bonchev–Trinajstić information content (AvgIpc) is 3.42. The number of thioether (sulfide) groups is 1. The number of rotatable bonds is 2. The zero-order valence-electron chi connectivity index (χ0n) is 18.0. The quantitative estimate of drug-likeness (QED) is 0.487. The molecular formula is C29H26S. The summed E-state index contributed by atoms with van der Waals surface area (Å²) >= 11 is 1.94. The first-order valence-electron chi connectivity index (χ1n) is 10.9. The molecule has 0 N–H and O–H groups in total. The van der Waals surface area contributed by atoms with E-state index < -0.39 is 0 Å². The predicted octanol–water partition coefficient (Wildman–Crippen LogP) is 7.97. The summed E-state index contributed by atoms with van der Waals surface area (Å²) in [4.78, 5) is 0. The SMILES string of the molecule is CC1=C(C(C)(C)C2c3ccccc3-c3ccccc32)C2=CC3SC=CC3=C(C)C2=C1. The Bertz CT molecular complexity index is 1210. The smallest absolute Gasteiger partial charge is 0.0530 e. The second-order valence-electron chi connectivity index (χ2n) is 9.47. The van der Waals surface area contributed by atoms with E-state index in [1.807, 2.05) is 11.8 Å². The summed E-state index contributed by atoms with van der Waals surface area (Å²) in [5.41, 5.74) is 14.6. The maximum Gasteiger partial charge on any atom is 0.0530 e. The topological polar surface area (TPSA) is 0 Å². The summed E-state index contributed by atoms with van der Waals surface area (Å²) in [5.74, 6) is 0.364. The Hall–Kier alpha value is -2.51. The summed E-state index contributed by atoms with van der Waals surface area (Å²) in [6, 6.07) is 18.0. The average molecular weight is 407 g/mol. The Morgan fingerprint density at radius 2 is 1.47 bits per heavy atom. The first kappa shape index (κ1) is 18.3. The number of fused-ring (bicyclic) bond motifs is 5. The number of benzene rings is 2. The molecule has 0 spiro atoms. The molecule has 0 bridgehead atoms. The molecule has 1 heteroatoms. The second-order valence-corrected chi connectivity index (χ2v) is 10.5. The molecule has 0 radical (unpaired) electrons. The van der Waals surface area contributed by atoms with Gasteiger partial charge in [0.1, 0.15) is 0 Å². The molecule has 3 aliphatic carbocycles.